The average molecular weight is 449 g/mol. The van der Waals surface area contributed by atoms with Crippen molar-refractivity contribution in [3.63, 3.8) is 0 Å². The van der Waals surface area contributed by atoms with Crippen LogP contribution in [0.3, 0.4) is 0 Å². The highest BCUT2D eigenvalue weighted by molar-refractivity contribution is 7.92. The summed E-state index contributed by atoms with van der Waals surface area (Å²) >= 11 is 0. The van der Waals surface area contributed by atoms with E-state index >= 15 is 0 Å². The minimum Gasteiger partial charge on any atom is -0.497 e. The fourth-order valence-corrected chi connectivity index (χ4v) is 4.65. The molecule has 1 saturated heterocycles. The molecule has 2 aromatic carbocycles. The maximum Gasteiger partial charge on any atom is 0.262 e. The molecule has 1 fully saturated rings. The number of sulfonamides is 1. The van der Waals surface area contributed by atoms with E-state index < -0.39 is 10.0 Å². The maximum atomic E-state index is 13.1. The minimum absolute atomic E-state index is 0.0376. The number of carbonyl (C=O) groups excluding carboxylic acids is 1. The Morgan fingerprint density at radius 3 is 2.16 bits per heavy atom. The Balaban J connectivity index is 1.93. The number of anilines is 1. The first-order chi connectivity index (χ1) is 14.9. The van der Waals surface area contributed by atoms with Gasteiger partial charge in [0.05, 0.1) is 37.5 Å². The molecule has 0 atom stereocenters. The summed E-state index contributed by atoms with van der Waals surface area (Å²) in [4.78, 5) is 14.9. The van der Waals surface area contributed by atoms with E-state index in [2.05, 4.69) is 4.72 Å². The third-order valence-corrected chi connectivity index (χ3v) is 6.62. The molecule has 31 heavy (non-hydrogen) atoms. The van der Waals surface area contributed by atoms with Gasteiger partial charge in [0.15, 0.2) is 0 Å². The Kier molecular flexibility index (Phi) is 7.27. The summed E-state index contributed by atoms with van der Waals surface area (Å²) in [7, 11) is 0.435. The largest absolute Gasteiger partial charge is 0.497 e. The standard InChI is InChI=1S/C22H28N2O6S/c1-28-16-8-10-19(21(14-16)30-3)23-31(26,27)17-9-11-20(29-2)18(15-17)22(25)24-12-6-4-5-7-13-24/h8-11,14-15,23H,4-7,12-13H2,1-3H3. The van der Waals surface area contributed by atoms with Crippen LogP contribution in [-0.2, 0) is 10.0 Å². The Bertz CT molecular complexity index is 1030. The zero-order valence-electron chi connectivity index (χ0n) is 18.0. The molecule has 8 nitrogen and oxygen atoms in total. The normalized spacial score (nSPS) is 14.5. The van der Waals surface area contributed by atoms with Crippen LogP contribution in [0.15, 0.2) is 41.3 Å². The maximum absolute atomic E-state index is 13.1. The topological polar surface area (TPSA) is 94.2 Å². The Labute approximate surface area is 183 Å². The molecule has 0 spiro atoms. The minimum atomic E-state index is -3.98. The quantitative estimate of drug-likeness (QED) is 0.696. The summed E-state index contributed by atoms with van der Waals surface area (Å²) in [6.07, 6.45) is 4.04. The Hall–Kier alpha value is -2.94. The number of nitrogens with zero attached hydrogens (tertiary/aromatic N) is 1. The summed E-state index contributed by atoms with van der Waals surface area (Å²) in [6.45, 7) is 1.31. The Morgan fingerprint density at radius 2 is 1.55 bits per heavy atom. The number of carbonyl (C=O) groups is 1. The molecule has 168 valence electrons. The summed E-state index contributed by atoms with van der Waals surface area (Å²) in [6, 6.07) is 9.05. The van der Waals surface area contributed by atoms with Gasteiger partial charge in [0, 0.05) is 19.2 Å². The van der Waals surface area contributed by atoms with Crippen LogP contribution in [0.5, 0.6) is 17.2 Å². The van der Waals surface area contributed by atoms with Crippen molar-refractivity contribution in [3.8, 4) is 17.2 Å². The summed E-state index contributed by atoms with van der Waals surface area (Å²) in [5, 5.41) is 0. The molecule has 0 aromatic heterocycles. The predicted molar refractivity (Wildman–Crippen MR) is 118 cm³/mol. The van der Waals surface area contributed by atoms with Crippen molar-refractivity contribution in [2.75, 3.05) is 39.1 Å². The SMILES string of the molecule is COc1ccc(NS(=O)(=O)c2ccc(OC)c(C(=O)N3CCCCCC3)c2)c(OC)c1. The number of rotatable bonds is 7. The molecule has 1 amide bonds. The molecule has 0 saturated carbocycles. The van der Waals surface area contributed by atoms with E-state index in [1.807, 2.05) is 0 Å². The Morgan fingerprint density at radius 1 is 0.871 bits per heavy atom. The molecule has 0 aliphatic carbocycles. The lowest BCUT2D eigenvalue weighted by Gasteiger charge is -2.22. The van der Waals surface area contributed by atoms with Crippen LogP contribution in [-0.4, -0.2) is 53.6 Å². The molecule has 3 rings (SSSR count). The summed E-state index contributed by atoms with van der Waals surface area (Å²) < 4.78 is 44.4. The summed E-state index contributed by atoms with van der Waals surface area (Å²) in [5.41, 5.74) is 0.494. The van der Waals surface area contributed by atoms with Crippen molar-refractivity contribution in [2.45, 2.75) is 30.6 Å². The lowest BCUT2D eigenvalue weighted by molar-refractivity contribution is 0.0758. The van der Waals surface area contributed by atoms with E-state index in [-0.39, 0.29) is 22.1 Å². The number of likely N-dealkylation sites (tertiary alicyclic amines) is 1. The number of benzene rings is 2. The van der Waals surface area contributed by atoms with Crippen molar-refractivity contribution in [2.24, 2.45) is 0 Å². The number of nitrogens with one attached hydrogen (secondary N) is 1. The van der Waals surface area contributed by atoms with Gasteiger partial charge in [-0.05, 0) is 43.2 Å². The number of amides is 1. The first-order valence-electron chi connectivity index (χ1n) is 10.1. The average Bonchev–Trinajstić information content (AvgIpc) is 3.07. The lowest BCUT2D eigenvalue weighted by Crippen LogP contribution is -2.32. The van der Waals surface area contributed by atoms with Gasteiger partial charge in [-0.1, -0.05) is 12.8 Å². The van der Waals surface area contributed by atoms with E-state index in [0.29, 0.717) is 30.3 Å². The molecule has 0 radical (unpaired) electrons. The van der Waals surface area contributed by atoms with E-state index in [9.17, 15) is 13.2 Å². The van der Waals surface area contributed by atoms with Crippen molar-refractivity contribution in [1.82, 2.24) is 4.90 Å². The lowest BCUT2D eigenvalue weighted by atomic mass is 10.1. The summed E-state index contributed by atoms with van der Waals surface area (Å²) in [5.74, 6) is 0.972. The van der Waals surface area contributed by atoms with E-state index in [4.69, 9.17) is 14.2 Å². The van der Waals surface area contributed by atoms with Gasteiger partial charge in [0.25, 0.3) is 15.9 Å². The molecule has 9 heteroatoms. The zero-order chi connectivity index (χ0) is 22.4. The van der Waals surface area contributed by atoms with Crippen molar-refractivity contribution < 1.29 is 27.4 Å². The van der Waals surface area contributed by atoms with Crippen LogP contribution in [0.25, 0.3) is 0 Å². The first-order valence-corrected chi connectivity index (χ1v) is 11.6. The number of methoxy groups -OCH3 is 3. The number of hydrogen-bond acceptors (Lipinski definition) is 6. The van der Waals surface area contributed by atoms with E-state index in [1.54, 1.807) is 23.1 Å². The van der Waals surface area contributed by atoms with Crippen LogP contribution < -0.4 is 18.9 Å². The smallest absolute Gasteiger partial charge is 0.262 e. The van der Waals surface area contributed by atoms with Gasteiger partial charge in [-0.3, -0.25) is 9.52 Å². The van der Waals surface area contributed by atoms with Crippen molar-refractivity contribution >= 4 is 21.6 Å². The first kappa shape index (κ1) is 22.7. The second-order valence-electron chi connectivity index (χ2n) is 7.24. The van der Waals surface area contributed by atoms with Gasteiger partial charge in [-0.2, -0.15) is 0 Å². The van der Waals surface area contributed by atoms with Crippen LogP contribution in [0.4, 0.5) is 5.69 Å². The fourth-order valence-electron chi connectivity index (χ4n) is 3.55. The van der Waals surface area contributed by atoms with E-state index in [0.717, 1.165) is 25.7 Å². The van der Waals surface area contributed by atoms with Crippen LogP contribution in [0, 0.1) is 0 Å². The molecule has 1 heterocycles. The third-order valence-electron chi connectivity index (χ3n) is 5.26. The molecular formula is C22H28N2O6S. The van der Waals surface area contributed by atoms with Gasteiger partial charge in [0.2, 0.25) is 0 Å². The molecule has 2 aromatic rings. The number of hydrogen-bond donors (Lipinski definition) is 1. The monoisotopic (exact) mass is 448 g/mol. The molecular weight excluding hydrogens is 420 g/mol. The van der Waals surface area contributed by atoms with Gasteiger partial charge in [-0.15, -0.1) is 0 Å². The molecule has 1 aliphatic heterocycles. The van der Waals surface area contributed by atoms with Crippen LogP contribution in [0.2, 0.25) is 0 Å². The highest BCUT2D eigenvalue weighted by Gasteiger charge is 2.25. The number of ether oxygens (including phenoxy) is 3. The second-order valence-corrected chi connectivity index (χ2v) is 8.92. The molecule has 0 unspecified atom stereocenters. The molecule has 1 N–H and O–H groups in total. The van der Waals surface area contributed by atoms with Gasteiger partial charge < -0.3 is 19.1 Å². The van der Waals surface area contributed by atoms with Crippen molar-refractivity contribution in [1.29, 1.82) is 0 Å². The van der Waals surface area contributed by atoms with E-state index in [1.165, 1.54) is 39.5 Å². The second kappa shape index (κ2) is 9.91. The van der Waals surface area contributed by atoms with Gasteiger partial charge >= 0.3 is 0 Å². The zero-order valence-corrected chi connectivity index (χ0v) is 18.8. The fraction of sp³-hybridized carbons (Fsp3) is 0.409. The third kappa shape index (κ3) is 5.22. The highest BCUT2D eigenvalue weighted by atomic mass is 32.2. The highest BCUT2D eigenvalue weighted by Crippen LogP contribution is 2.32. The molecule has 0 bridgehead atoms. The van der Waals surface area contributed by atoms with Gasteiger partial charge in [0.1, 0.15) is 17.2 Å². The predicted octanol–water partition coefficient (Wildman–Crippen LogP) is 3.53. The van der Waals surface area contributed by atoms with Gasteiger partial charge in [-0.25, -0.2) is 8.42 Å². The van der Waals surface area contributed by atoms with Crippen LogP contribution in [0.1, 0.15) is 36.0 Å². The van der Waals surface area contributed by atoms with Crippen LogP contribution >= 0.6 is 0 Å². The molecule has 1 aliphatic rings. The van der Waals surface area contributed by atoms with Crippen molar-refractivity contribution in [3.05, 3.63) is 42.0 Å².